The quantitative estimate of drug-likeness (QED) is 0.309. The number of nitrogens with one attached hydrogen (secondary N) is 1. The van der Waals surface area contributed by atoms with Gasteiger partial charge >= 0.3 is 6.18 Å². The number of hydrogen-bond acceptors (Lipinski definition) is 6. The lowest BCUT2D eigenvalue weighted by molar-refractivity contribution is -0.137. The molecule has 0 saturated heterocycles. The van der Waals surface area contributed by atoms with Gasteiger partial charge < -0.3 is 10.1 Å². The van der Waals surface area contributed by atoms with Gasteiger partial charge in [0, 0.05) is 12.8 Å². The summed E-state index contributed by atoms with van der Waals surface area (Å²) in [6.45, 7) is 4.39. The number of carbonyl (C=O) groups is 1. The van der Waals surface area contributed by atoms with E-state index in [1.54, 1.807) is 0 Å². The molecule has 1 aromatic carbocycles. The Morgan fingerprint density at radius 1 is 1.03 bits per heavy atom. The van der Waals surface area contributed by atoms with Crippen LogP contribution in [0.4, 0.5) is 23.4 Å². The molecule has 1 N–H and O–H groups in total. The lowest BCUT2D eigenvalue weighted by Crippen LogP contribution is -2.17. The number of anilines is 1. The van der Waals surface area contributed by atoms with Crippen molar-refractivity contribution in [2.24, 2.45) is 5.92 Å². The van der Waals surface area contributed by atoms with Crippen molar-refractivity contribution in [1.29, 1.82) is 0 Å². The smallest absolute Gasteiger partial charge is 0.373 e. The molecule has 0 spiro atoms. The van der Waals surface area contributed by atoms with E-state index in [-0.39, 0.29) is 47.6 Å². The topological polar surface area (TPSA) is 89.9 Å². The van der Waals surface area contributed by atoms with Gasteiger partial charge in [-0.2, -0.15) is 13.2 Å². The molecule has 37 heavy (non-hydrogen) atoms. The first-order valence-corrected chi connectivity index (χ1v) is 11.4. The second kappa shape index (κ2) is 11.0. The first kappa shape index (κ1) is 26.1. The van der Waals surface area contributed by atoms with E-state index in [1.807, 2.05) is 13.8 Å². The molecule has 0 radical (unpaired) electrons. The van der Waals surface area contributed by atoms with Gasteiger partial charge in [0.05, 0.1) is 23.1 Å². The molecule has 4 aromatic rings. The molecule has 0 atom stereocenters. The summed E-state index contributed by atoms with van der Waals surface area (Å²) in [5, 5.41) is 3.03. The van der Waals surface area contributed by atoms with Gasteiger partial charge in [-0.15, -0.1) is 0 Å². The Kier molecular flexibility index (Phi) is 7.72. The molecule has 7 nitrogen and oxygen atoms in total. The van der Waals surface area contributed by atoms with Crippen LogP contribution in [0.2, 0.25) is 0 Å². The molecular formula is C26H23F4N5O2. The standard InChI is InChI=1S/C26H23F4N5O2/c1-15(2)13-37-14-21-33-24-18(25(34-21)35-22(36)12-16-5-7-17(27)8-6-16)9-10-20(32-24)23-19(26(28,29)30)4-3-11-31-23/h3-11,15H,12-14H2,1-2H3,(H,32,33,34,35,36). The highest BCUT2D eigenvalue weighted by molar-refractivity contribution is 5.99. The van der Waals surface area contributed by atoms with E-state index in [9.17, 15) is 22.4 Å². The van der Waals surface area contributed by atoms with Crippen molar-refractivity contribution in [2.75, 3.05) is 11.9 Å². The van der Waals surface area contributed by atoms with Crippen LogP contribution in [0, 0.1) is 11.7 Å². The number of alkyl halides is 3. The highest BCUT2D eigenvalue weighted by Gasteiger charge is 2.34. The van der Waals surface area contributed by atoms with E-state index in [1.165, 1.54) is 48.7 Å². The van der Waals surface area contributed by atoms with Gasteiger partial charge in [0.2, 0.25) is 5.91 Å². The van der Waals surface area contributed by atoms with E-state index in [0.717, 1.165) is 6.07 Å². The molecule has 0 aliphatic carbocycles. The number of nitrogens with zero attached hydrogens (tertiary/aromatic N) is 4. The van der Waals surface area contributed by atoms with Crippen LogP contribution in [0.3, 0.4) is 0 Å². The van der Waals surface area contributed by atoms with E-state index >= 15 is 0 Å². The molecule has 4 rings (SSSR count). The van der Waals surface area contributed by atoms with Gasteiger partial charge in [-0.3, -0.25) is 9.78 Å². The van der Waals surface area contributed by atoms with Crippen LogP contribution in [0.5, 0.6) is 0 Å². The van der Waals surface area contributed by atoms with Gasteiger partial charge in [0.25, 0.3) is 0 Å². The molecule has 11 heteroatoms. The first-order chi connectivity index (χ1) is 17.6. The fourth-order valence-electron chi connectivity index (χ4n) is 3.53. The fourth-order valence-corrected chi connectivity index (χ4v) is 3.53. The molecule has 0 saturated carbocycles. The van der Waals surface area contributed by atoms with Crippen LogP contribution in [0.15, 0.2) is 54.7 Å². The lowest BCUT2D eigenvalue weighted by atomic mass is 10.1. The highest BCUT2D eigenvalue weighted by Crippen LogP contribution is 2.35. The first-order valence-electron chi connectivity index (χ1n) is 11.4. The molecule has 0 aliphatic rings. The van der Waals surface area contributed by atoms with Crippen molar-refractivity contribution in [3.05, 3.63) is 77.5 Å². The van der Waals surface area contributed by atoms with Crippen LogP contribution < -0.4 is 5.32 Å². The van der Waals surface area contributed by atoms with Crippen LogP contribution in [-0.4, -0.2) is 32.4 Å². The van der Waals surface area contributed by atoms with Crippen LogP contribution in [-0.2, 0) is 28.7 Å². The summed E-state index contributed by atoms with van der Waals surface area (Å²) in [6, 6.07) is 10.5. The Bertz CT molecular complexity index is 1410. The maximum Gasteiger partial charge on any atom is 0.418 e. The zero-order chi connectivity index (χ0) is 26.6. The average molecular weight is 513 g/mol. The Morgan fingerprint density at radius 2 is 1.78 bits per heavy atom. The van der Waals surface area contributed by atoms with Crippen molar-refractivity contribution >= 4 is 22.8 Å². The summed E-state index contributed by atoms with van der Waals surface area (Å²) in [7, 11) is 0. The monoisotopic (exact) mass is 513 g/mol. The van der Waals surface area contributed by atoms with Gasteiger partial charge in [-0.25, -0.2) is 19.3 Å². The number of rotatable bonds is 8. The third-order valence-corrected chi connectivity index (χ3v) is 5.18. The second-order valence-corrected chi connectivity index (χ2v) is 8.71. The Balaban J connectivity index is 1.71. The third-order valence-electron chi connectivity index (χ3n) is 5.18. The molecule has 3 aromatic heterocycles. The summed E-state index contributed by atoms with van der Waals surface area (Å²) >= 11 is 0. The number of halogens is 4. The minimum absolute atomic E-state index is 0.0122. The predicted octanol–water partition coefficient (Wildman–Crippen LogP) is 5.60. The largest absolute Gasteiger partial charge is 0.418 e. The zero-order valence-electron chi connectivity index (χ0n) is 20.0. The molecule has 0 fully saturated rings. The van der Waals surface area contributed by atoms with E-state index in [2.05, 4.69) is 25.3 Å². The summed E-state index contributed by atoms with van der Waals surface area (Å²) in [5.74, 6) is -0.248. The Labute approximate surface area is 210 Å². The molecule has 0 aliphatic heterocycles. The highest BCUT2D eigenvalue weighted by atomic mass is 19.4. The number of fused-ring (bicyclic) bond motifs is 1. The third kappa shape index (κ3) is 6.62. The number of amides is 1. The van der Waals surface area contributed by atoms with Crippen molar-refractivity contribution < 1.29 is 27.1 Å². The fraction of sp³-hybridized carbons (Fsp3) is 0.269. The van der Waals surface area contributed by atoms with Gasteiger partial charge in [0.15, 0.2) is 11.5 Å². The number of carbonyl (C=O) groups excluding carboxylic acids is 1. The summed E-state index contributed by atoms with van der Waals surface area (Å²) < 4.78 is 59.4. The molecule has 0 bridgehead atoms. The van der Waals surface area contributed by atoms with E-state index in [0.29, 0.717) is 17.6 Å². The predicted molar refractivity (Wildman–Crippen MR) is 129 cm³/mol. The molecule has 0 unspecified atom stereocenters. The minimum atomic E-state index is -4.62. The second-order valence-electron chi connectivity index (χ2n) is 8.71. The number of aromatic nitrogens is 4. The van der Waals surface area contributed by atoms with E-state index < -0.39 is 23.5 Å². The van der Waals surface area contributed by atoms with Crippen molar-refractivity contribution in [2.45, 2.75) is 33.1 Å². The number of benzene rings is 1. The minimum Gasteiger partial charge on any atom is -0.373 e. The molecule has 1 amide bonds. The molecule has 3 heterocycles. The zero-order valence-corrected chi connectivity index (χ0v) is 20.0. The normalized spacial score (nSPS) is 11.8. The number of ether oxygens (including phenoxy) is 1. The molecular weight excluding hydrogens is 490 g/mol. The SMILES string of the molecule is CC(C)COCc1nc(NC(=O)Cc2ccc(F)cc2)c2ccc(-c3ncccc3C(F)(F)F)nc2n1. The van der Waals surface area contributed by atoms with Crippen molar-refractivity contribution in [3.63, 3.8) is 0 Å². The van der Waals surface area contributed by atoms with Crippen molar-refractivity contribution in [1.82, 2.24) is 19.9 Å². The van der Waals surface area contributed by atoms with Gasteiger partial charge in [-0.1, -0.05) is 26.0 Å². The van der Waals surface area contributed by atoms with Crippen LogP contribution in [0.1, 0.15) is 30.8 Å². The Morgan fingerprint density at radius 3 is 2.49 bits per heavy atom. The maximum absolute atomic E-state index is 13.5. The summed E-state index contributed by atoms with van der Waals surface area (Å²) in [4.78, 5) is 29.7. The number of pyridine rings is 2. The molecule has 192 valence electrons. The maximum atomic E-state index is 13.5. The average Bonchev–Trinajstić information content (AvgIpc) is 2.84. The van der Waals surface area contributed by atoms with Gasteiger partial charge in [0.1, 0.15) is 23.9 Å². The van der Waals surface area contributed by atoms with Crippen molar-refractivity contribution in [3.8, 4) is 11.4 Å². The van der Waals surface area contributed by atoms with Crippen LogP contribution in [0.25, 0.3) is 22.4 Å². The summed E-state index contributed by atoms with van der Waals surface area (Å²) in [6.07, 6.45) is -3.41. The lowest BCUT2D eigenvalue weighted by Gasteiger charge is -2.13. The van der Waals surface area contributed by atoms with E-state index in [4.69, 9.17) is 4.74 Å². The summed E-state index contributed by atoms with van der Waals surface area (Å²) in [5.41, 5.74) is -0.629. The van der Waals surface area contributed by atoms with Crippen LogP contribution >= 0.6 is 0 Å². The Hall–Kier alpha value is -3.99. The van der Waals surface area contributed by atoms with Gasteiger partial charge in [-0.05, 0) is 47.9 Å². The number of hydrogen-bond donors (Lipinski definition) is 1.